The maximum Gasteiger partial charge on any atom is 0.306 e. The van der Waals surface area contributed by atoms with Gasteiger partial charge in [-0.1, -0.05) is 239 Å². The monoisotopic (exact) mass is 885 g/mol. The molecule has 0 aliphatic rings. The third-order valence-corrected chi connectivity index (χ3v) is 10.3. The Balaban J connectivity index is 4.57. The molecule has 6 heteroatoms. The topological polar surface area (TPSA) is 78.9 Å². The minimum atomic E-state index is -0.831. The highest BCUT2D eigenvalue weighted by molar-refractivity contribution is 5.71. The Bertz CT molecular complexity index is 1390. The predicted molar refractivity (Wildman–Crippen MR) is 274 cm³/mol. The fourth-order valence-corrected chi connectivity index (χ4v) is 6.57. The average Bonchev–Trinajstić information content (AvgIpc) is 3.29. The minimum absolute atomic E-state index is 0.132. The number of hydrogen-bond donors (Lipinski definition) is 0. The van der Waals surface area contributed by atoms with Crippen molar-refractivity contribution in [3.05, 3.63) is 122 Å². The van der Waals surface area contributed by atoms with Crippen LogP contribution in [0.2, 0.25) is 0 Å². The van der Waals surface area contributed by atoms with Crippen LogP contribution in [0.15, 0.2) is 122 Å². The van der Waals surface area contributed by atoms with Crippen molar-refractivity contribution in [1.29, 1.82) is 0 Å². The van der Waals surface area contributed by atoms with Crippen molar-refractivity contribution in [2.45, 2.75) is 213 Å². The summed E-state index contributed by atoms with van der Waals surface area (Å²) in [5, 5.41) is 0. The molecule has 0 spiro atoms. The van der Waals surface area contributed by atoms with Crippen LogP contribution in [0.25, 0.3) is 0 Å². The van der Waals surface area contributed by atoms with E-state index in [1.54, 1.807) is 0 Å². The van der Waals surface area contributed by atoms with E-state index in [4.69, 9.17) is 14.2 Å². The van der Waals surface area contributed by atoms with Gasteiger partial charge in [0.1, 0.15) is 13.2 Å². The average molecular weight is 885 g/mol. The van der Waals surface area contributed by atoms with Crippen LogP contribution in [-0.4, -0.2) is 37.2 Å². The van der Waals surface area contributed by atoms with E-state index in [2.05, 4.69) is 87.6 Å². The number of unbranched alkanes of at least 4 members (excludes halogenated alkanes) is 17. The molecule has 0 rings (SSSR count). The zero-order valence-electron chi connectivity index (χ0n) is 41.0. The molecular formula is C58H92O6. The second-order valence-corrected chi connectivity index (χ2v) is 16.4. The summed E-state index contributed by atoms with van der Waals surface area (Å²) in [7, 11) is 0. The molecule has 0 saturated heterocycles. The smallest absolute Gasteiger partial charge is 0.306 e. The zero-order chi connectivity index (χ0) is 46.5. The van der Waals surface area contributed by atoms with Crippen LogP contribution in [0.3, 0.4) is 0 Å². The van der Waals surface area contributed by atoms with Gasteiger partial charge in [-0.25, -0.2) is 0 Å². The molecule has 0 aromatic rings. The largest absolute Gasteiger partial charge is 0.462 e. The molecule has 0 aliphatic heterocycles. The van der Waals surface area contributed by atoms with Gasteiger partial charge in [0.15, 0.2) is 6.10 Å². The number of ether oxygens (including phenoxy) is 3. The molecule has 0 bridgehead atoms. The molecule has 0 heterocycles. The molecule has 0 radical (unpaired) electrons. The van der Waals surface area contributed by atoms with Crippen LogP contribution >= 0.6 is 0 Å². The van der Waals surface area contributed by atoms with E-state index in [1.165, 1.54) is 83.5 Å². The fraction of sp³-hybridized carbons (Fsp3) is 0.603. The molecule has 64 heavy (non-hydrogen) atoms. The second kappa shape index (κ2) is 51.4. The van der Waals surface area contributed by atoms with Crippen molar-refractivity contribution in [3.8, 4) is 0 Å². The third-order valence-electron chi connectivity index (χ3n) is 10.3. The molecule has 360 valence electrons. The Morgan fingerprint density at radius 2 is 0.688 bits per heavy atom. The van der Waals surface area contributed by atoms with Crippen molar-refractivity contribution in [1.82, 2.24) is 0 Å². The zero-order valence-corrected chi connectivity index (χ0v) is 41.0. The van der Waals surface area contributed by atoms with Gasteiger partial charge in [0.25, 0.3) is 0 Å². The molecule has 0 aromatic heterocycles. The molecule has 0 saturated carbocycles. The van der Waals surface area contributed by atoms with E-state index in [9.17, 15) is 14.4 Å². The van der Waals surface area contributed by atoms with Gasteiger partial charge in [0.05, 0.1) is 0 Å². The van der Waals surface area contributed by atoms with Crippen LogP contribution in [-0.2, 0) is 28.6 Å². The van der Waals surface area contributed by atoms with E-state index in [-0.39, 0.29) is 44.0 Å². The minimum Gasteiger partial charge on any atom is -0.462 e. The van der Waals surface area contributed by atoms with Gasteiger partial charge in [-0.15, -0.1) is 0 Å². The maximum absolute atomic E-state index is 12.8. The molecule has 0 aromatic carbocycles. The first-order valence-corrected chi connectivity index (χ1v) is 25.6. The summed E-state index contributed by atoms with van der Waals surface area (Å²) in [4.78, 5) is 37.9. The highest BCUT2D eigenvalue weighted by Gasteiger charge is 2.19. The van der Waals surface area contributed by atoms with Gasteiger partial charge >= 0.3 is 17.9 Å². The van der Waals surface area contributed by atoms with Crippen LogP contribution < -0.4 is 0 Å². The lowest BCUT2D eigenvalue weighted by molar-refractivity contribution is -0.167. The van der Waals surface area contributed by atoms with Crippen LogP contribution in [0.4, 0.5) is 0 Å². The highest BCUT2D eigenvalue weighted by Crippen LogP contribution is 2.15. The Hall–Kier alpha value is -4.19. The van der Waals surface area contributed by atoms with E-state index in [0.717, 1.165) is 70.6 Å². The number of allylic oxidation sites excluding steroid dienone is 20. The first-order chi connectivity index (χ1) is 31.5. The van der Waals surface area contributed by atoms with Crippen molar-refractivity contribution in [2.24, 2.45) is 0 Å². The first-order valence-electron chi connectivity index (χ1n) is 25.6. The lowest BCUT2D eigenvalue weighted by atomic mass is 10.0. The van der Waals surface area contributed by atoms with Crippen molar-refractivity contribution >= 4 is 17.9 Å². The fourth-order valence-electron chi connectivity index (χ4n) is 6.57. The van der Waals surface area contributed by atoms with Gasteiger partial charge in [-0.3, -0.25) is 14.4 Å². The Morgan fingerprint density at radius 3 is 1.12 bits per heavy atom. The van der Waals surface area contributed by atoms with E-state index < -0.39 is 6.10 Å². The summed E-state index contributed by atoms with van der Waals surface area (Å²) < 4.78 is 16.7. The summed E-state index contributed by atoms with van der Waals surface area (Å²) in [5.41, 5.74) is 0. The van der Waals surface area contributed by atoms with Gasteiger partial charge in [0.2, 0.25) is 0 Å². The lowest BCUT2D eigenvalue weighted by Gasteiger charge is -2.18. The highest BCUT2D eigenvalue weighted by atomic mass is 16.6. The van der Waals surface area contributed by atoms with E-state index >= 15 is 0 Å². The Morgan fingerprint density at radius 1 is 0.344 bits per heavy atom. The third kappa shape index (κ3) is 48.8. The molecule has 6 nitrogen and oxygen atoms in total. The van der Waals surface area contributed by atoms with Gasteiger partial charge in [-0.2, -0.15) is 0 Å². The molecule has 0 N–H and O–H groups in total. The van der Waals surface area contributed by atoms with Gasteiger partial charge in [-0.05, 0) is 70.6 Å². The SMILES string of the molecule is CC/C=C/C=C/C=C/C=C/C=C/CCCC(=O)OCC(COC(=O)CCC/C=C/C/C=C/C/C=C/C/C=C/C/C=C/CC)OC(=O)CCCCCCCCCCCCCCCCCC. The predicted octanol–water partition coefficient (Wildman–Crippen LogP) is 16.9. The summed E-state index contributed by atoms with van der Waals surface area (Å²) in [6, 6.07) is 0. The number of esters is 3. The lowest BCUT2D eigenvalue weighted by Crippen LogP contribution is -2.30. The molecule has 0 amide bonds. The molecule has 1 unspecified atom stereocenters. The van der Waals surface area contributed by atoms with Crippen LogP contribution in [0, 0.1) is 0 Å². The number of carbonyl (C=O) groups is 3. The first kappa shape index (κ1) is 59.8. The summed E-state index contributed by atoms with van der Waals surface area (Å²) in [6.07, 6.45) is 70.5. The molecule has 0 fully saturated rings. The van der Waals surface area contributed by atoms with Crippen molar-refractivity contribution < 1.29 is 28.6 Å². The number of hydrogen-bond acceptors (Lipinski definition) is 6. The molecular weight excluding hydrogens is 793 g/mol. The maximum atomic E-state index is 12.8. The summed E-state index contributed by atoms with van der Waals surface area (Å²) >= 11 is 0. The van der Waals surface area contributed by atoms with Crippen molar-refractivity contribution in [2.75, 3.05) is 13.2 Å². The normalized spacial score (nSPS) is 13.1. The quantitative estimate of drug-likeness (QED) is 0.0199. The standard InChI is InChI=1S/C58H92O6/c1-4-7-10-13-16-19-22-25-27-29-31-33-36-39-42-45-48-51-57(60)63-54-55(53-62-56(59)50-47-44-41-38-35-32-24-21-18-15-12-9-6-3)64-58(61)52-49-46-43-40-37-34-30-28-26-23-20-17-14-11-8-5-2/h7,9-10,12,15-16,18-19,21,24-25,27,31-33,35,38-39,41-42,55H,4-6,8,11,13-14,17,20,22-23,26,28-30,34,36-37,40,43-54H2,1-3H3/b10-7+,12-9+,18-15+,19-16+,24-21+,27-25+,33-31+,35-32+,41-38+,42-39+. The van der Waals surface area contributed by atoms with Crippen LogP contribution in [0.5, 0.6) is 0 Å². The Labute approximate surface area is 392 Å². The van der Waals surface area contributed by atoms with E-state index in [0.29, 0.717) is 19.3 Å². The summed E-state index contributed by atoms with van der Waals surface area (Å²) in [6.45, 7) is 6.25. The van der Waals surface area contributed by atoms with Gasteiger partial charge < -0.3 is 14.2 Å². The second-order valence-electron chi connectivity index (χ2n) is 16.4. The molecule has 1 atom stereocenters. The van der Waals surface area contributed by atoms with E-state index in [1.807, 2.05) is 54.7 Å². The molecule has 0 aliphatic carbocycles. The Kier molecular flexibility index (Phi) is 48.1. The number of carbonyl (C=O) groups excluding carboxylic acids is 3. The van der Waals surface area contributed by atoms with Crippen molar-refractivity contribution in [3.63, 3.8) is 0 Å². The summed E-state index contributed by atoms with van der Waals surface area (Å²) in [5.74, 6) is -1.06. The number of rotatable bonds is 44. The van der Waals surface area contributed by atoms with Gasteiger partial charge in [0, 0.05) is 19.3 Å². The van der Waals surface area contributed by atoms with Crippen LogP contribution in [0.1, 0.15) is 207 Å².